The van der Waals surface area contributed by atoms with Crippen molar-refractivity contribution < 1.29 is 27.8 Å². The van der Waals surface area contributed by atoms with Gasteiger partial charge in [0.05, 0.1) is 23.7 Å². The number of aryl methyl sites for hydroxylation is 1. The molecule has 1 N–H and O–H groups in total. The van der Waals surface area contributed by atoms with Crippen LogP contribution in [0.3, 0.4) is 0 Å². The van der Waals surface area contributed by atoms with Gasteiger partial charge in [-0.25, -0.2) is 4.98 Å². The number of amides is 1. The lowest BCUT2D eigenvalue weighted by Crippen LogP contribution is -2.24. The van der Waals surface area contributed by atoms with Crippen LogP contribution in [0.1, 0.15) is 6.42 Å². The lowest BCUT2D eigenvalue weighted by atomic mass is 10.2. The maximum absolute atomic E-state index is 12.3. The fraction of sp³-hybridized carbons (Fsp3) is 0.200. The predicted molar refractivity (Wildman–Crippen MR) is 103 cm³/mol. The molecule has 0 spiro atoms. The van der Waals surface area contributed by atoms with Gasteiger partial charge in [0.15, 0.2) is 6.61 Å². The molecule has 0 aliphatic heterocycles. The van der Waals surface area contributed by atoms with Crippen molar-refractivity contribution in [2.75, 3.05) is 11.9 Å². The Morgan fingerprint density at radius 1 is 1.10 bits per heavy atom. The van der Waals surface area contributed by atoms with E-state index in [1.54, 1.807) is 24.3 Å². The van der Waals surface area contributed by atoms with Crippen molar-refractivity contribution in [3.63, 3.8) is 0 Å². The third-order valence-electron chi connectivity index (χ3n) is 4.02. The van der Waals surface area contributed by atoms with Crippen LogP contribution in [0.25, 0.3) is 10.9 Å². The molecule has 2 aromatic carbocycles. The first-order valence-corrected chi connectivity index (χ1v) is 8.87. The number of alkyl halides is 2. The summed E-state index contributed by atoms with van der Waals surface area (Å²) in [5.74, 6) is -1.31. The third kappa shape index (κ3) is 5.60. The zero-order valence-corrected chi connectivity index (χ0v) is 15.6. The van der Waals surface area contributed by atoms with Crippen LogP contribution in [0.15, 0.2) is 59.7 Å². The van der Waals surface area contributed by atoms with Crippen molar-refractivity contribution in [2.45, 2.75) is 19.6 Å². The van der Waals surface area contributed by atoms with Crippen molar-refractivity contribution >= 4 is 28.5 Å². The van der Waals surface area contributed by atoms with Crippen molar-refractivity contribution in [3.8, 4) is 5.75 Å². The summed E-state index contributed by atoms with van der Waals surface area (Å²) in [4.78, 5) is 40.2. The molecule has 0 aliphatic carbocycles. The van der Waals surface area contributed by atoms with E-state index < -0.39 is 25.1 Å². The van der Waals surface area contributed by atoms with Crippen molar-refractivity contribution in [2.24, 2.45) is 0 Å². The summed E-state index contributed by atoms with van der Waals surface area (Å²) in [6.45, 7) is -3.41. The molecule has 0 unspecified atom stereocenters. The Morgan fingerprint density at radius 2 is 1.83 bits per heavy atom. The first-order chi connectivity index (χ1) is 14.4. The highest BCUT2D eigenvalue weighted by atomic mass is 19.3. The van der Waals surface area contributed by atoms with E-state index in [9.17, 15) is 23.2 Å². The van der Waals surface area contributed by atoms with E-state index in [0.29, 0.717) is 16.6 Å². The van der Waals surface area contributed by atoms with Gasteiger partial charge in [0, 0.05) is 12.2 Å². The minimum Gasteiger partial charge on any atom is -0.456 e. The van der Waals surface area contributed by atoms with E-state index in [-0.39, 0.29) is 24.3 Å². The Morgan fingerprint density at radius 3 is 2.57 bits per heavy atom. The van der Waals surface area contributed by atoms with Gasteiger partial charge in [-0.15, -0.1) is 0 Å². The van der Waals surface area contributed by atoms with Crippen molar-refractivity contribution in [3.05, 3.63) is 65.2 Å². The molecule has 0 radical (unpaired) electrons. The highest BCUT2D eigenvalue weighted by molar-refractivity contribution is 5.92. The van der Waals surface area contributed by atoms with E-state index in [4.69, 9.17) is 4.74 Å². The van der Waals surface area contributed by atoms with Gasteiger partial charge in [-0.1, -0.05) is 12.1 Å². The summed E-state index contributed by atoms with van der Waals surface area (Å²) in [5.41, 5.74) is 0.615. The molecule has 0 atom stereocenters. The average molecular weight is 417 g/mol. The van der Waals surface area contributed by atoms with Gasteiger partial charge < -0.3 is 14.8 Å². The lowest BCUT2D eigenvalue weighted by molar-refractivity contribution is -0.147. The Labute approximate surface area is 169 Å². The molecule has 1 heterocycles. The molecule has 156 valence electrons. The number of hydrogen-bond donors (Lipinski definition) is 1. The first-order valence-electron chi connectivity index (χ1n) is 8.87. The Kier molecular flexibility index (Phi) is 6.68. The first kappa shape index (κ1) is 20.9. The molecule has 10 heteroatoms. The number of esters is 1. The van der Waals surface area contributed by atoms with Crippen molar-refractivity contribution in [1.29, 1.82) is 0 Å². The number of nitrogens with one attached hydrogen (secondary N) is 1. The zero-order valence-electron chi connectivity index (χ0n) is 15.6. The van der Waals surface area contributed by atoms with E-state index in [1.165, 1.54) is 35.2 Å². The Hall–Kier alpha value is -3.82. The van der Waals surface area contributed by atoms with Crippen molar-refractivity contribution in [1.82, 2.24) is 9.55 Å². The van der Waals surface area contributed by atoms with E-state index in [2.05, 4.69) is 15.0 Å². The molecule has 3 aromatic rings. The summed E-state index contributed by atoms with van der Waals surface area (Å²) >= 11 is 0. The number of fused-ring (bicyclic) bond motifs is 1. The molecule has 0 saturated heterocycles. The quantitative estimate of drug-likeness (QED) is 0.566. The summed E-state index contributed by atoms with van der Waals surface area (Å²) in [6, 6.07) is 12.1. The fourth-order valence-corrected chi connectivity index (χ4v) is 2.61. The molecule has 0 fully saturated rings. The SMILES string of the molecule is O=C(COC(=O)CCn1cnc2ccccc2c1=O)Nc1ccc(OC(F)F)cc1. The molecule has 1 aromatic heterocycles. The molecule has 0 saturated carbocycles. The lowest BCUT2D eigenvalue weighted by Gasteiger charge is -2.09. The second kappa shape index (κ2) is 9.59. The van der Waals surface area contributed by atoms with Gasteiger partial charge >= 0.3 is 12.6 Å². The van der Waals surface area contributed by atoms with Crippen LogP contribution in [0, 0.1) is 0 Å². The monoisotopic (exact) mass is 417 g/mol. The van der Waals surface area contributed by atoms with Gasteiger partial charge in [0.2, 0.25) is 0 Å². The van der Waals surface area contributed by atoms with Crippen LogP contribution >= 0.6 is 0 Å². The number of carbonyl (C=O) groups excluding carboxylic acids is 2. The topological polar surface area (TPSA) is 99.5 Å². The van der Waals surface area contributed by atoms with Gasteiger partial charge in [-0.3, -0.25) is 19.0 Å². The molecule has 0 bridgehead atoms. The maximum atomic E-state index is 12.3. The van der Waals surface area contributed by atoms with Crippen LogP contribution in [0.5, 0.6) is 5.75 Å². The Bertz CT molecular complexity index is 1100. The minimum absolute atomic E-state index is 0.0483. The molecule has 3 rings (SSSR count). The number of anilines is 1. The van der Waals surface area contributed by atoms with E-state index >= 15 is 0 Å². The van der Waals surface area contributed by atoms with Crippen LogP contribution < -0.4 is 15.6 Å². The summed E-state index contributed by atoms with van der Waals surface area (Å²) in [5, 5.41) is 2.90. The average Bonchev–Trinajstić information content (AvgIpc) is 2.73. The molecular weight excluding hydrogens is 400 g/mol. The van der Waals surface area contributed by atoms with Gasteiger partial charge in [-0.2, -0.15) is 8.78 Å². The fourth-order valence-electron chi connectivity index (χ4n) is 2.61. The normalized spacial score (nSPS) is 10.8. The van der Waals surface area contributed by atoms with E-state index in [1.807, 2.05) is 0 Å². The highest BCUT2D eigenvalue weighted by Gasteiger charge is 2.10. The molecular formula is C20H17F2N3O5. The predicted octanol–water partition coefficient (Wildman–Crippen LogP) is 2.57. The minimum atomic E-state index is -2.94. The van der Waals surface area contributed by atoms with Gasteiger partial charge in [0.25, 0.3) is 11.5 Å². The number of aromatic nitrogens is 2. The number of ether oxygens (including phenoxy) is 2. The van der Waals surface area contributed by atoms with Crippen LogP contribution in [-0.2, 0) is 20.9 Å². The molecule has 0 aliphatic rings. The number of benzene rings is 2. The number of para-hydroxylation sites is 1. The highest BCUT2D eigenvalue weighted by Crippen LogP contribution is 2.17. The third-order valence-corrected chi connectivity index (χ3v) is 4.02. The second-order valence-electron chi connectivity index (χ2n) is 6.12. The van der Waals surface area contributed by atoms with Gasteiger partial charge in [0.1, 0.15) is 5.75 Å². The smallest absolute Gasteiger partial charge is 0.387 e. The Balaban J connectivity index is 1.46. The van der Waals surface area contributed by atoms with Gasteiger partial charge in [-0.05, 0) is 36.4 Å². The standard InChI is InChI=1S/C20H17F2N3O5/c21-20(22)30-14-7-5-13(6-8-14)24-17(26)11-29-18(27)9-10-25-12-23-16-4-2-1-3-15(16)19(25)28/h1-8,12,20H,9-11H2,(H,24,26). The van der Waals surface area contributed by atoms with Crippen LogP contribution in [0.4, 0.5) is 14.5 Å². The summed E-state index contributed by atoms with van der Waals surface area (Å²) < 4.78 is 34.6. The second-order valence-corrected chi connectivity index (χ2v) is 6.12. The number of hydrogen-bond acceptors (Lipinski definition) is 6. The maximum Gasteiger partial charge on any atom is 0.387 e. The van der Waals surface area contributed by atoms with Crippen LogP contribution in [0.2, 0.25) is 0 Å². The number of halogens is 2. The molecule has 30 heavy (non-hydrogen) atoms. The molecule has 8 nitrogen and oxygen atoms in total. The zero-order chi connectivity index (χ0) is 21.5. The largest absolute Gasteiger partial charge is 0.456 e. The van der Waals surface area contributed by atoms with E-state index in [0.717, 1.165) is 0 Å². The number of rotatable bonds is 8. The number of nitrogens with zero attached hydrogens (tertiary/aromatic N) is 2. The number of carbonyl (C=O) groups is 2. The molecule has 1 amide bonds. The summed E-state index contributed by atoms with van der Waals surface area (Å²) in [6.07, 6.45) is 1.24. The summed E-state index contributed by atoms with van der Waals surface area (Å²) in [7, 11) is 0. The van der Waals surface area contributed by atoms with Crippen LogP contribution in [-0.4, -0.2) is 34.6 Å².